The highest BCUT2D eigenvalue weighted by atomic mass is 16.4. The van der Waals surface area contributed by atoms with Gasteiger partial charge in [0.05, 0.1) is 11.3 Å². The molecule has 5 nitrogen and oxygen atoms in total. The van der Waals surface area contributed by atoms with E-state index in [0.29, 0.717) is 18.8 Å². The molecule has 0 spiro atoms. The lowest BCUT2D eigenvalue weighted by Gasteiger charge is -2.22. The normalized spacial score (nSPS) is 10.0. The van der Waals surface area contributed by atoms with Gasteiger partial charge < -0.3 is 15.3 Å². The number of urea groups is 1. The molecule has 5 heteroatoms. The summed E-state index contributed by atoms with van der Waals surface area (Å²) in [5, 5.41) is 12.0. The van der Waals surface area contributed by atoms with Crippen molar-refractivity contribution in [2.45, 2.75) is 27.2 Å². The highest BCUT2D eigenvalue weighted by Gasteiger charge is 2.18. The molecule has 0 radical (unpaired) electrons. The van der Waals surface area contributed by atoms with Gasteiger partial charge in [0.25, 0.3) is 0 Å². The van der Waals surface area contributed by atoms with Crippen LogP contribution in [0, 0.1) is 13.8 Å². The zero-order chi connectivity index (χ0) is 16.0. The Hall–Kier alpha value is -2.30. The third-order valence-corrected chi connectivity index (χ3v) is 3.07. The van der Waals surface area contributed by atoms with Gasteiger partial charge in [-0.05, 0) is 37.5 Å². The molecule has 0 atom stereocenters. The van der Waals surface area contributed by atoms with E-state index >= 15 is 0 Å². The highest BCUT2D eigenvalue weighted by Crippen LogP contribution is 2.23. The lowest BCUT2D eigenvalue weighted by molar-refractivity contribution is 0.0698. The van der Waals surface area contributed by atoms with E-state index in [2.05, 4.69) is 11.9 Å². The van der Waals surface area contributed by atoms with Gasteiger partial charge in [0.15, 0.2) is 0 Å². The molecule has 114 valence electrons. The van der Waals surface area contributed by atoms with Crippen molar-refractivity contribution < 1.29 is 14.7 Å². The van der Waals surface area contributed by atoms with Gasteiger partial charge >= 0.3 is 12.0 Å². The fourth-order valence-electron chi connectivity index (χ4n) is 2.19. The number of benzene rings is 1. The average molecular weight is 290 g/mol. The summed E-state index contributed by atoms with van der Waals surface area (Å²) >= 11 is 0. The van der Waals surface area contributed by atoms with Crippen molar-refractivity contribution in [1.82, 2.24) is 4.90 Å². The summed E-state index contributed by atoms with van der Waals surface area (Å²) in [4.78, 5) is 25.2. The van der Waals surface area contributed by atoms with Gasteiger partial charge in [0.2, 0.25) is 0 Å². The van der Waals surface area contributed by atoms with Crippen LogP contribution in [-0.4, -0.2) is 35.1 Å². The van der Waals surface area contributed by atoms with Gasteiger partial charge in [-0.15, -0.1) is 6.58 Å². The number of aryl methyl sites for hydroxylation is 2. The van der Waals surface area contributed by atoms with E-state index in [-0.39, 0.29) is 11.6 Å². The first-order valence-corrected chi connectivity index (χ1v) is 6.92. The topological polar surface area (TPSA) is 69.6 Å². The molecule has 0 bridgehead atoms. The number of nitrogens with zero attached hydrogens (tertiary/aromatic N) is 1. The number of carbonyl (C=O) groups is 2. The zero-order valence-corrected chi connectivity index (χ0v) is 12.8. The molecular formula is C16H22N2O3. The Labute approximate surface area is 125 Å². The van der Waals surface area contributed by atoms with E-state index in [4.69, 9.17) is 0 Å². The average Bonchev–Trinajstić information content (AvgIpc) is 2.40. The molecule has 0 heterocycles. The van der Waals surface area contributed by atoms with Gasteiger partial charge in [-0.2, -0.15) is 0 Å². The predicted molar refractivity (Wildman–Crippen MR) is 84.0 cm³/mol. The lowest BCUT2D eigenvalue weighted by atomic mass is 10.0. The second kappa shape index (κ2) is 7.47. The molecule has 1 aromatic carbocycles. The molecule has 0 aliphatic carbocycles. The molecule has 21 heavy (non-hydrogen) atoms. The Morgan fingerprint density at radius 1 is 1.38 bits per heavy atom. The molecule has 2 amide bonds. The number of hydrogen-bond donors (Lipinski definition) is 2. The predicted octanol–water partition coefficient (Wildman–Crippen LogP) is 3.43. The zero-order valence-electron chi connectivity index (χ0n) is 12.8. The summed E-state index contributed by atoms with van der Waals surface area (Å²) in [5.74, 6) is -1.05. The molecule has 1 rings (SSSR count). The van der Waals surface area contributed by atoms with Crippen LogP contribution in [0.3, 0.4) is 0 Å². The molecule has 0 saturated heterocycles. The quantitative estimate of drug-likeness (QED) is 0.789. The van der Waals surface area contributed by atoms with E-state index in [1.165, 1.54) is 0 Å². The number of aromatic carboxylic acids is 1. The Morgan fingerprint density at radius 2 is 2.05 bits per heavy atom. The summed E-state index contributed by atoms with van der Waals surface area (Å²) in [6, 6.07) is 3.09. The summed E-state index contributed by atoms with van der Waals surface area (Å²) in [6.45, 7) is 10.2. The van der Waals surface area contributed by atoms with Crippen LogP contribution in [0.5, 0.6) is 0 Å². The first-order valence-electron chi connectivity index (χ1n) is 6.92. The van der Waals surface area contributed by atoms with Crippen molar-refractivity contribution in [3.05, 3.63) is 41.5 Å². The SMILES string of the molecule is C=CCN(CCC)C(=O)Nc1c(C)cc(C)cc1C(=O)O. The molecule has 0 fully saturated rings. The molecule has 0 unspecified atom stereocenters. The Morgan fingerprint density at radius 3 is 2.57 bits per heavy atom. The van der Waals surface area contributed by atoms with Gasteiger partial charge in [-0.1, -0.05) is 19.1 Å². The Kier molecular flexibility index (Phi) is 5.96. The molecule has 1 aromatic rings. The molecule has 0 aliphatic rings. The second-order valence-electron chi connectivity index (χ2n) is 4.97. The summed E-state index contributed by atoms with van der Waals surface area (Å²) < 4.78 is 0. The smallest absolute Gasteiger partial charge is 0.337 e. The van der Waals surface area contributed by atoms with Crippen LogP contribution in [0.25, 0.3) is 0 Å². The van der Waals surface area contributed by atoms with Gasteiger partial charge in [-0.25, -0.2) is 9.59 Å². The first-order chi connectivity index (χ1) is 9.90. The van der Waals surface area contributed by atoms with Crippen molar-refractivity contribution >= 4 is 17.7 Å². The van der Waals surface area contributed by atoms with Gasteiger partial charge in [0.1, 0.15) is 0 Å². The molecule has 0 saturated carbocycles. The fourth-order valence-corrected chi connectivity index (χ4v) is 2.19. The van der Waals surface area contributed by atoms with E-state index < -0.39 is 5.97 Å². The third-order valence-electron chi connectivity index (χ3n) is 3.07. The van der Waals surface area contributed by atoms with E-state index in [0.717, 1.165) is 17.5 Å². The standard InChI is InChI=1S/C16H22N2O3/c1-5-7-18(8-6-2)16(21)17-14-12(4)9-11(3)10-13(14)15(19)20/h5,9-10H,1,6-8H2,2-4H3,(H,17,21)(H,19,20). The van der Waals surface area contributed by atoms with E-state index in [1.807, 2.05) is 19.9 Å². The van der Waals surface area contributed by atoms with Crippen molar-refractivity contribution in [2.75, 3.05) is 18.4 Å². The number of nitrogens with one attached hydrogen (secondary N) is 1. The van der Waals surface area contributed by atoms with Gasteiger partial charge in [0, 0.05) is 13.1 Å². The Bertz CT molecular complexity index is 553. The van der Waals surface area contributed by atoms with Crippen LogP contribution in [0.1, 0.15) is 34.8 Å². The van der Waals surface area contributed by atoms with Crippen LogP contribution in [0.4, 0.5) is 10.5 Å². The highest BCUT2D eigenvalue weighted by molar-refractivity contribution is 6.01. The van der Waals surface area contributed by atoms with Crippen molar-refractivity contribution in [3.8, 4) is 0 Å². The van der Waals surface area contributed by atoms with Crippen LogP contribution < -0.4 is 5.32 Å². The molecule has 2 N–H and O–H groups in total. The maximum absolute atomic E-state index is 12.3. The summed E-state index contributed by atoms with van der Waals surface area (Å²) in [7, 11) is 0. The third kappa shape index (κ3) is 4.34. The van der Waals surface area contributed by atoms with Crippen molar-refractivity contribution in [3.63, 3.8) is 0 Å². The van der Waals surface area contributed by atoms with E-state index in [1.54, 1.807) is 24.0 Å². The number of anilines is 1. The molecule has 0 aliphatic heterocycles. The number of carboxylic acid groups (broad SMARTS) is 1. The summed E-state index contributed by atoms with van der Waals surface area (Å²) in [5.41, 5.74) is 2.04. The lowest BCUT2D eigenvalue weighted by Crippen LogP contribution is -2.36. The number of rotatable bonds is 6. The maximum atomic E-state index is 12.3. The second-order valence-corrected chi connectivity index (χ2v) is 4.97. The van der Waals surface area contributed by atoms with Crippen molar-refractivity contribution in [2.24, 2.45) is 0 Å². The van der Waals surface area contributed by atoms with Gasteiger partial charge in [-0.3, -0.25) is 0 Å². The monoisotopic (exact) mass is 290 g/mol. The minimum Gasteiger partial charge on any atom is -0.478 e. The van der Waals surface area contributed by atoms with Crippen LogP contribution in [-0.2, 0) is 0 Å². The first kappa shape index (κ1) is 16.8. The minimum atomic E-state index is -1.05. The van der Waals surface area contributed by atoms with Crippen LogP contribution in [0.15, 0.2) is 24.8 Å². The van der Waals surface area contributed by atoms with Crippen LogP contribution in [0.2, 0.25) is 0 Å². The molecular weight excluding hydrogens is 268 g/mol. The summed E-state index contributed by atoms with van der Waals surface area (Å²) in [6.07, 6.45) is 2.47. The largest absolute Gasteiger partial charge is 0.478 e. The molecule has 0 aromatic heterocycles. The fraction of sp³-hybridized carbons (Fsp3) is 0.375. The van der Waals surface area contributed by atoms with E-state index in [9.17, 15) is 14.7 Å². The number of amides is 2. The number of carbonyl (C=O) groups excluding carboxylic acids is 1. The minimum absolute atomic E-state index is 0.107. The van der Waals surface area contributed by atoms with Crippen LogP contribution >= 0.6 is 0 Å². The maximum Gasteiger partial charge on any atom is 0.337 e. The Balaban J connectivity index is 3.08. The number of carboxylic acids is 1. The number of hydrogen-bond acceptors (Lipinski definition) is 2. The van der Waals surface area contributed by atoms with Crippen molar-refractivity contribution in [1.29, 1.82) is 0 Å².